The second-order valence-electron chi connectivity index (χ2n) is 5.06. The Kier molecular flexibility index (Phi) is 5.33. The molecule has 1 heterocycles. The Balaban J connectivity index is 1.65. The molecule has 1 amide bonds. The van der Waals surface area contributed by atoms with E-state index in [0.717, 1.165) is 25.2 Å². The van der Waals surface area contributed by atoms with Crippen molar-refractivity contribution in [1.29, 1.82) is 0 Å². The molecule has 1 saturated heterocycles. The molecule has 1 aromatic carbocycles. The summed E-state index contributed by atoms with van der Waals surface area (Å²) in [5, 5.41) is 2.92. The first-order valence-corrected chi connectivity index (χ1v) is 6.97. The van der Waals surface area contributed by atoms with E-state index in [4.69, 9.17) is 0 Å². The topological polar surface area (TPSA) is 32.3 Å². The van der Waals surface area contributed by atoms with Crippen LogP contribution in [0.1, 0.15) is 24.8 Å². The molecule has 0 saturated carbocycles. The molecule has 3 nitrogen and oxygen atoms in total. The highest BCUT2D eigenvalue weighted by Crippen LogP contribution is 2.07. The molecule has 1 aliphatic rings. The van der Waals surface area contributed by atoms with Gasteiger partial charge >= 0.3 is 0 Å². The molecule has 1 N–H and O–H groups in total. The van der Waals surface area contributed by atoms with Crippen molar-refractivity contribution in [2.24, 2.45) is 0 Å². The first-order chi connectivity index (χ1) is 9.24. The molecule has 0 radical (unpaired) electrons. The molecule has 104 valence electrons. The van der Waals surface area contributed by atoms with Gasteiger partial charge in [-0.15, -0.1) is 0 Å². The van der Waals surface area contributed by atoms with Gasteiger partial charge in [-0.05, 0) is 43.6 Å². The van der Waals surface area contributed by atoms with Gasteiger partial charge in [0, 0.05) is 13.1 Å². The third-order valence-electron chi connectivity index (χ3n) is 3.48. The van der Waals surface area contributed by atoms with Gasteiger partial charge in [0.05, 0.1) is 6.42 Å². The van der Waals surface area contributed by atoms with Crippen LogP contribution in [0, 0.1) is 5.82 Å². The molecule has 4 heteroatoms. The van der Waals surface area contributed by atoms with E-state index in [2.05, 4.69) is 10.2 Å². The number of nitrogens with zero attached hydrogens (tertiary/aromatic N) is 1. The Labute approximate surface area is 113 Å². The Bertz CT molecular complexity index is 399. The first-order valence-electron chi connectivity index (χ1n) is 6.97. The van der Waals surface area contributed by atoms with Crippen molar-refractivity contribution in [3.8, 4) is 0 Å². The van der Waals surface area contributed by atoms with Gasteiger partial charge in [-0.1, -0.05) is 18.6 Å². The van der Waals surface area contributed by atoms with Gasteiger partial charge in [-0.2, -0.15) is 0 Å². The van der Waals surface area contributed by atoms with Crippen molar-refractivity contribution in [3.63, 3.8) is 0 Å². The van der Waals surface area contributed by atoms with Gasteiger partial charge < -0.3 is 10.2 Å². The Hall–Kier alpha value is -1.42. The van der Waals surface area contributed by atoms with Crippen molar-refractivity contribution in [1.82, 2.24) is 10.2 Å². The van der Waals surface area contributed by atoms with Crippen molar-refractivity contribution >= 4 is 5.91 Å². The quantitative estimate of drug-likeness (QED) is 0.882. The lowest BCUT2D eigenvalue weighted by Crippen LogP contribution is -2.38. The molecule has 0 spiro atoms. The van der Waals surface area contributed by atoms with E-state index in [9.17, 15) is 9.18 Å². The van der Waals surface area contributed by atoms with E-state index in [0.29, 0.717) is 13.0 Å². The van der Waals surface area contributed by atoms with Crippen LogP contribution in [0.5, 0.6) is 0 Å². The zero-order valence-corrected chi connectivity index (χ0v) is 11.2. The number of carbonyl (C=O) groups is 1. The largest absolute Gasteiger partial charge is 0.355 e. The summed E-state index contributed by atoms with van der Waals surface area (Å²) >= 11 is 0. The number of halogens is 1. The van der Waals surface area contributed by atoms with Crippen LogP contribution in [0.25, 0.3) is 0 Å². The number of amides is 1. The van der Waals surface area contributed by atoms with E-state index in [1.807, 2.05) is 0 Å². The predicted molar refractivity (Wildman–Crippen MR) is 73.4 cm³/mol. The second kappa shape index (κ2) is 7.24. The highest BCUT2D eigenvalue weighted by atomic mass is 19.1. The lowest BCUT2D eigenvalue weighted by Gasteiger charge is -2.26. The van der Waals surface area contributed by atoms with Crippen LogP contribution in [0.15, 0.2) is 24.3 Å². The summed E-state index contributed by atoms with van der Waals surface area (Å²) in [4.78, 5) is 14.1. The van der Waals surface area contributed by atoms with E-state index in [1.54, 1.807) is 12.1 Å². The molecule has 0 unspecified atom stereocenters. The van der Waals surface area contributed by atoms with Crippen molar-refractivity contribution in [2.75, 3.05) is 26.2 Å². The van der Waals surface area contributed by atoms with Gasteiger partial charge in [0.15, 0.2) is 0 Å². The van der Waals surface area contributed by atoms with Gasteiger partial charge in [-0.25, -0.2) is 4.39 Å². The van der Waals surface area contributed by atoms with Gasteiger partial charge in [0.1, 0.15) is 5.82 Å². The van der Waals surface area contributed by atoms with Crippen LogP contribution in [0.4, 0.5) is 4.39 Å². The normalized spacial score (nSPS) is 16.3. The van der Waals surface area contributed by atoms with Gasteiger partial charge in [0.25, 0.3) is 0 Å². The molecule has 0 aliphatic carbocycles. The minimum Gasteiger partial charge on any atom is -0.355 e. The lowest BCUT2D eigenvalue weighted by atomic mass is 10.1. The first kappa shape index (κ1) is 14.0. The summed E-state index contributed by atoms with van der Waals surface area (Å²) in [5.41, 5.74) is 0.844. The Morgan fingerprint density at radius 2 is 1.84 bits per heavy atom. The summed E-state index contributed by atoms with van der Waals surface area (Å²) in [6.45, 7) is 3.91. The average molecular weight is 264 g/mol. The third kappa shape index (κ3) is 4.99. The van der Waals surface area contributed by atoms with E-state index in [1.165, 1.54) is 31.4 Å². The maximum Gasteiger partial charge on any atom is 0.224 e. The number of piperidine rings is 1. The number of likely N-dealkylation sites (tertiary alicyclic amines) is 1. The molecule has 1 aliphatic heterocycles. The molecule has 0 atom stereocenters. The van der Waals surface area contributed by atoms with E-state index < -0.39 is 0 Å². The SMILES string of the molecule is O=C(Cc1ccc(F)cc1)NCCN1CCCCC1. The number of hydrogen-bond donors (Lipinski definition) is 1. The molecular formula is C15H21FN2O. The summed E-state index contributed by atoms with van der Waals surface area (Å²) < 4.78 is 12.7. The van der Waals surface area contributed by atoms with Crippen LogP contribution >= 0.6 is 0 Å². The minimum absolute atomic E-state index is 0.00335. The molecule has 1 aromatic rings. The highest BCUT2D eigenvalue weighted by Gasteiger charge is 2.10. The fourth-order valence-corrected chi connectivity index (χ4v) is 2.39. The zero-order valence-electron chi connectivity index (χ0n) is 11.2. The van der Waals surface area contributed by atoms with Gasteiger partial charge in [0.2, 0.25) is 5.91 Å². The predicted octanol–water partition coefficient (Wildman–Crippen LogP) is 1.97. The fourth-order valence-electron chi connectivity index (χ4n) is 2.39. The van der Waals surface area contributed by atoms with Crippen LogP contribution in [0.2, 0.25) is 0 Å². The molecule has 0 aromatic heterocycles. The van der Waals surface area contributed by atoms with E-state index >= 15 is 0 Å². The number of carbonyl (C=O) groups excluding carboxylic acids is 1. The van der Waals surface area contributed by atoms with Crippen molar-refractivity contribution < 1.29 is 9.18 Å². The van der Waals surface area contributed by atoms with Crippen LogP contribution in [-0.2, 0) is 11.2 Å². The third-order valence-corrected chi connectivity index (χ3v) is 3.48. The maximum atomic E-state index is 12.7. The number of benzene rings is 1. The Morgan fingerprint density at radius 1 is 1.16 bits per heavy atom. The molecule has 19 heavy (non-hydrogen) atoms. The minimum atomic E-state index is -0.269. The van der Waals surface area contributed by atoms with Crippen LogP contribution < -0.4 is 5.32 Å². The average Bonchev–Trinajstić information content (AvgIpc) is 2.43. The number of rotatable bonds is 5. The van der Waals surface area contributed by atoms with Gasteiger partial charge in [-0.3, -0.25) is 4.79 Å². The number of nitrogens with one attached hydrogen (secondary N) is 1. The lowest BCUT2D eigenvalue weighted by molar-refractivity contribution is -0.120. The van der Waals surface area contributed by atoms with Crippen molar-refractivity contribution in [2.45, 2.75) is 25.7 Å². The molecule has 1 fully saturated rings. The van der Waals surface area contributed by atoms with Crippen molar-refractivity contribution in [3.05, 3.63) is 35.6 Å². The number of hydrogen-bond acceptors (Lipinski definition) is 2. The fraction of sp³-hybridized carbons (Fsp3) is 0.533. The monoisotopic (exact) mass is 264 g/mol. The summed E-state index contributed by atoms with van der Waals surface area (Å²) in [7, 11) is 0. The molecule has 2 rings (SSSR count). The second-order valence-corrected chi connectivity index (χ2v) is 5.06. The molecule has 0 bridgehead atoms. The summed E-state index contributed by atoms with van der Waals surface area (Å²) in [6, 6.07) is 6.08. The standard InChI is InChI=1S/C15H21FN2O/c16-14-6-4-13(5-7-14)12-15(19)17-8-11-18-9-2-1-3-10-18/h4-7H,1-3,8-12H2,(H,17,19). The van der Waals surface area contributed by atoms with Crippen LogP contribution in [-0.4, -0.2) is 37.0 Å². The highest BCUT2D eigenvalue weighted by molar-refractivity contribution is 5.78. The van der Waals surface area contributed by atoms with E-state index in [-0.39, 0.29) is 11.7 Å². The molecular weight excluding hydrogens is 243 g/mol. The Morgan fingerprint density at radius 3 is 2.53 bits per heavy atom. The van der Waals surface area contributed by atoms with Crippen LogP contribution in [0.3, 0.4) is 0 Å². The maximum absolute atomic E-state index is 12.7. The summed E-state index contributed by atoms with van der Waals surface area (Å²) in [5.74, 6) is -0.266. The summed E-state index contributed by atoms with van der Waals surface area (Å²) in [6.07, 6.45) is 4.18. The zero-order chi connectivity index (χ0) is 13.5. The smallest absolute Gasteiger partial charge is 0.224 e.